The van der Waals surface area contributed by atoms with Gasteiger partial charge in [-0.2, -0.15) is 0 Å². The first-order chi connectivity index (χ1) is 15.5. The van der Waals surface area contributed by atoms with Crippen LogP contribution < -0.4 is 0 Å². The number of hydrogen-bond acceptors (Lipinski definition) is 8. The maximum Gasteiger partial charge on any atom is 0.336 e. The smallest absolute Gasteiger partial charge is 0.336 e. The molecule has 10 heteroatoms. The zero-order valence-corrected chi connectivity index (χ0v) is 18.0. The van der Waals surface area contributed by atoms with Crippen LogP contribution in [0.3, 0.4) is 0 Å². The van der Waals surface area contributed by atoms with Gasteiger partial charge in [0.25, 0.3) is 0 Å². The van der Waals surface area contributed by atoms with Crippen molar-refractivity contribution in [2.45, 2.75) is 32.3 Å². The lowest BCUT2D eigenvalue weighted by Gasteiger charge is -2.38. The Hall–Kier alpha value is -3.11. The summed E-state index contributed by atoms with van der Waals surface area (Å²) in [6, 6.07) is 7.44. The number of amides is 1. The van der Waals surface area contributed by atoms with E-state index >= 15 is 0 Å². The molecule has 3 aliphatic heterocycles. The summed E-state index contributed by atoms with van der Waals surface area (Å²) in [6.45, 7) is 4.58. The standard InChI is InChI=1S/C22H26N6O4/c1-15-18(13-32-20(15)30)27-11-8-22(21(27)31)6-9-26(10-7-22)12-19(29)16-2-4-17(5-3-16)28-24-14-23-25-28/h2-5,14,19,29H,6-13H2,1H3/t19-/m0/s1. The van der Waals surface area contributed by atoms with Crippen LogP contribution >= 0.6 is 0 Å². The normalized spacial score (nSPS) is 22.1. The molecular weight excluding hydrogens is 412 g/mol. The average molecular weight is 438 g/mol. The summed E-state index contributed by atoms with van der Waals surface area (Å²) in [5, 5.41) is 22.3. The Bertz CT molecular complexity index is 1040. The Kier molecular flexibility index (Phi) is 5.26. The molecule has 3 aliphatic rings. The number of β-amino-alcohol motifs (C(OH)–C–C–N with tert-alkyl or cyclic N) is 1. The minimum Gasteiger partial charge on any atom is -0.456 e. The Labute approximate surface area is 185 Å². The van der Waals surface area contributed by atoms with Gasteiger partial charge in [0.15, 0.2) is 6.33 Å². The van der Waals surface area contributed by atoms with Crippen molar-refractivity contribution in [1.82, 2.24) is 30.0 Å². The number of benzene rings is 1. The number of esters is 1. The second-order valence-corrected chi connectivity index (χ2v) is 8.77. The third kappa shape index (κ3) is 3.59. The number of piperidine rings is 1. The minimum absolute atomic E-state index is 0.114. The fraction of sp³-hybridized carbons (Fsp3) is 0.500. The summed E-state index contributed by atoms with van der Waals surface area (Å²) in [6.07, 6.45) is 3.07. The second kappa shape index (κ2) is 8.10. The number of tetrazole rings is 1. The Morgan fingerprint density at radius 2 is 1.84 bits per heavy atom. The zero-order chi connectivity index (χ0) is 22.3. The van der Waals surface area contributed by atoms with Gasteiger partial charge in [0.05, 0.1) is 28.5 Å². The van der Waals surface area contributed by atoms with Gasteiger partial charge in [0.2, 0.25) is 5.91 Å². The van der Waals surface area contributed by atoms with Crippen LogP contribution in [0.25, 0.3) is 5.69 Å². The number of nitrogens with zero attached hydrogens (tertiary/aromatic N) is 6. The molecule has 0 unspecified atom stereocenters. The van der Waals surface area contributed by atoms with Gasteiger partial charge in [-0.05, 0) is 62.2 Å². The van der Waals surface area contributed by atoms with Gasteiger partial charge < -0.3 is 19.6 Å². The van der Waals surface area contributed by atoms with Crippen LogP contribution in [-0.4, -0.2) is 79.8 Å². The summed E-state index contributed by atoms with van der Waals surface area (Å²) in [7, 11) is 0. The maximum atomic E-state index is 13.2. The topological polar surface area (TPSA) is 114 Å². The van der Waals surface area contributed by atoms with E-state index in [1.165, 1.54) is 11.1 Å². The van der Waals surface area contributed by atoms with Crippen molar-refractivity contribution in [3.05, 3.63) is 47.4 Å². The van der Waals surface area contributed by atoms with E-state index in [2.05, 4.69) is 20.3 Å². The molecule has 1 N–H and O–H groups in total. The molecule has 2 fully saturated rings. The summed E-state index contributed by atoms with van der Waals surface area (Å²) < 4.78 is 5.09. The van der Waals surface area contributed by atoms with Gasteiger partial charge in [-0.15, -0.1) is 15.0 Å². The Morgan fingerprint density at radius 1 is 1.12 bits per heavy atom. The van der Waals surface area contributed by atoms with E-state index in [1.54, 1.807) is 11.8 Å². The van der Waals surface area contributed by atoms with Crippen LogP contribution in [0.4, 0.5) is 0 Å². The van der Waals surface area contributed by atoms with Crippen LogP contribution in [0.5, 0.6) is 0 Å². The number of rotatable bonds is 5. The first-order valence-corrected chi connectivity index (χ1v) is 10.9. The first-order valence-electron chi connectivity index (χ1n) is 10.9. The molecule has 4 heterocycles. The van der Waals surface area contributed by atoms with Crippen LogP contribution in [0.15, 0.2) is 41.9 Å². The lowest BCUT2D eigenvalue weighted by Crippen LogP contribution is -2.45. The predicted molar refractivity (Wildman–Crippen MR) is 112 cm³/mol. The van der Waals surface area contributed by atoms with Gasteiger partial charge >= 0.3 is 5.97 Å². The van der Waals surface area contributed by atoms with Crippen molar-refractivity contribution in [3.63, 3.8) is 0 Å². The van der Waals surface area contributed by atoms with Gasteiger partial charge in [-0.1, -0.05) is 12.1 Å². The van der Waals surface area contributed by atoms with E-state index < -0.39 is 6.10 Å². The molecule has 2 saturated heterocycles. The van der Waals surface area contributed by atoms with Gasteiger partial charge in [0.1, 0.15) is 6.61 Å². The van der Waals surface area contributed by atoms with Crippen molar-refractivity contribution in [1.29, 1.82) is 0 Å². The van der Waals surface area contributed by atoms with Gasteiger partial charge in [0, 0.05) is 13.1 Å². The van der Waals surface area contributed by atoms with Crippen molar-refractivity contribution in [2.24, 2.45) is 5.41 Å². The largest absolute Gasteiger partial charge is 0.456 e. The van der Waals surface area contributed by atoms with Crippen LogP contribution in [0.2, 0.25) is 0 Å². The van der Waals surface area contributed by atoms with E-state index in [1.807, 2.05) is 24.3 Å². The Balaban J connectivity index is 1.18. The fourth-order valence-corrected chi connectivity index (χ4v) is 4.92. The van der Waals surface area contributed by atoms with Crippen LogP contribution in [-0.2, 0) is 14.3 Å². The molecule has 1 amide bonds. The molecular formula is C22H26N6O4. The van der Waals surface area contributed by atoms with Crippen molar-refractivity contribution < 1.29 is 19.4 Å². The highest BCUT2D eigenvalue weighted by Gasteiger charge is 2.50. The lowest BCUT2D eigenvalue weighted by molar-refractivity contribution is -0.138. The van der Waals surface area contributed by atoms with Crippen LogP contribution in [0, 0.1) is 5.41 Å². The van der Waals surface area contributed by atoms with Gasteiger partial charge in [-0.25, -0.2) is 4.79 Å². The highest BCUT2D eigenvalue weighted by Crippen LogP contribution is 2.43. The number of aliphatic hydroxyl groups excluding tert-OH is 1. The molecule has 5 rings (SSSR count). The predicted octanol–water partition coefficient (Wildman–Crippen LogP) is 0.841. The summed E-state index contributed by atoms with van der Waals surface area (Å²) in [5.74, 6) is -0.217. The molecule has 1 aromatic heterocycles. The maximum absolute atomic E-state index is 13.2. The van der Waals surface area contributed by atoms with Crippen LogP contribution in [0.1, 0.15) is 37.9 Å². The van der Waals surface area contributed by atoms with E-state index in [4.69, 9.17) is 4.74 Å². The molecule has 1 spiro atoms. The zero-order valence-electron chi connectivity index (χ0n) is 18.0. The van der Waals surface area contributed by atoms with Crippen molar-refractivity contribution in [3.8, 4) is 5.69 Å². The molecule has 1 aromatic carbocycles. The summed E-state index contributed by atoms with van der Waals surface area (Å²) in [5.41, 5.74) is 2.50. The molecule has 32 heavy (non-hydrogen) atoms. The SMILES string of the molecule is CC1=C(N2CCC3(CCN(C[C@H](O)c4ccc(-n5ncnn5)cc4)CC3)C2=O)COC1=O. The van der Waals surface area contributed by atoms with E-state index in [-0.39, 0.29) is 23.9 Å². The Morgan fingerprint density at radius 3 is 2.47 bits per heavy atom. The third-order valence-corrected chi connectivity index (χ3v) is 7.02. The molecule has 0 aliphatic carbocycles. The quantitative estimate of drug-likeness (QED) is 0.684. The number of aliphatic hydroxyl groups is 1. The molecule has 2 aromatic rings. The average Bonchev–Trinajstić information content (AvgIpc) is 3.53. The van der Waals surface area contributed by atoms with E-state index in [9.17, 15) is 14.7 Å². The molecule has 0 bridgehead atoms. The number of carbonyl (C=O) groups is 2. The number of carbonyl (C=O) groups excluding carboxylic acids is 2. The molecule has 1 atom stereocenters. The fourth-order valence-electron chi connectivity index (χ4n) is 4.92. The molecule has 168 valence electrons. The number of ether oxygens (including phenoxy) is 1. The summed E-state index contributed by atoms with van der Waals surface area (Å²) >= 11 is 0. The lowest BCUT2D eigenvalue weighted by atomic mass is 9.77. The van der Waals surface area contributed by atoms with E-state index in [0.29, 0.717) is 18.7 Å². The van der Waals surface area contributed by atoms with Crippen molar-refractivity contribution in [2.75, 3.05) is 32.8 Å². The van der Waals surface area contributed by atoms with Gasteiger partial charge in [-0.3, -0.25) is 4.79 Å². The highest BCUT2D eigenvalue weighted by molar-refractivity contribution is 5.94. The van der Waals surface area contributed by atoms with Crippen molar-refractivity contribution >= 4 is 11.9 Å². The third-order valence-electron chi connectivity index (χ3n) is 7.02. The first kappa shape index (κ1) is 20.8. The minimum atomic E-state index is -0.618. The number of aromatic nitrogens is 4. The summed E-state index contributed by atoms with van der Waals surface area (Å²) in [4.78, 5) is 30.3. The molecule has 0 saturated carbocycles. The monoisotopic (exact) mass is 438 g/mol. The number of cyclic esters (lactones) is 1. The van der Waals surface area contributed by atoms with E-state index in [0.717, 1.165) is 49.3 Å². The second-order valence-electron chi connectivity index (χ2n) is 8.77. The number of likely N-dealkylation sites (tertiary alicyclic amines) is 2. The number of hydrogen-bond donors (Lipinski definition) is 1. The molecule has 10 nitrogen and oxygen atoms in total. The highest BCUT2D eigenvalue weighted by atomic mass is 16.5. The molecule has 0 radical (unpaired) electrons.